The number of aromatic amines is 1. The van der Waals surface area contributed by atoms with Gasteiger partial charge in [0.25, 0.3) is 0 Å². The van der Waals surface area contributed by atoms with Crippen molar-refractivity contribution in [3.8, 4) is 0 Å². The van der Waals surface area contributed by atoms with Gasteiger partial charge in [0, 0.05) is 23.6 Å². The molecule has 0 aliphatic heterocycles. The monoisotopic (exact) mass is 298 g/mol. The highest BCUT2D eigenvalue weighted by Crippen LogP contribution is 2.19. The quantitative estimate of drug-likeness (QED) is 0.860. The van der Waals surface area contributed by atoms with Gasteiger partial charge in [-0.15, -0.1) is 0 Å². The average molecular weight is 298 g/mol. The molecule has 2 rings (SSSR count). The Bertz CT molecular complexity index is 692. The van der Waals surface area contributed by atoms with Crippen LogP contribution >= 0.6 is 0 Å². The van der Waals surface area contributed by atoms with E-state index in [0.29, 0.717) is 13.0 Å². The van der Waals surface area contributed by atoms with Crippen molar-refractivity contribution in [3.05, 3.63) is 35.8 Å². The van der Waals surface area contributed by atoms with Crippen LogP contribution in [0.3, 0.4) is 0 Å². The summed E-state index contributed by atoms with van der Waals surface area (Å²) >= 11 is 0. The molecule has 2 N–H and O–H groups in total. The zero-order valence-electron chi connectivity index (χ0n) is 11.6. The van der Waals surface area contributed by atoms with Gasteiger partial charge in [-0.3, -0.25) is 0 Å². The lowest BCUT2D eigenvalue weighted by atomic mass is 10.1. The minimum atomic E-state index is -3.23. The minimum absolute atomic E-state index is 0.0923. The Kier molecular flexibility index (Phi) is 4.45. The van der Waals surface area contributed by atoms with E-state index in [9.17, 15) is 12.8 Å². The summed E-state index contributed by atoms with van der Waals surface area (Å²) in [5, 5.41) is 0.799. The van der Waals surface area contributed by atoms with Gasteiger partial charge >= 0.3 is 0 Å². The topological polar surface area (TPSA) is 62.0 Å². The maximum Gasteiger partial charge on any atom is 0.211 e. The van der Waals surface area contributed by atoms with Crippen molar-refractivity contribution in [2.45, 2.75) is 20.3 Å². The third-order valence-electron chi connectivity index (χ3n) is 3.00. The third-order valence-corrected chi connectivity index (χ3v) is 4.75. The van der Waals surface area contributed by atoms with Crippen LogP contribution < -0.4 is 4.72 Å². The third kappa shape index (κ3) is 3.80. The molecule has 0 amide bonds. The maximum atomic E-state index is 13.2. The van der Waals surface area contributed by atoms with Gasteiger partial charge in [-0.1, -0.05) is 13.8 Å². The molecule has 1 heterocycles. The number of fused-ring (bicyclic) bond motifs is 1. The second-order valence-corrected chi connectivity index (χ2v) is 7.17. The van der Waals surface area contributed by atoms with E-state index in [1.54, 1.807) is 12.3 Å². The van der Waals surface area contributed by atoms with Crippen LogP contribution in [-0.4, -0.2) is 25.7 Å². The predicted molar refractivity (Wildman–Crippen MR) is 78.6 cm³/mol. The molecule has 110 valence electrons. The van der Waals surface area contributed by atoms with Crippen molar-refractivity contribution in [2.24, 2.45) is 5.92 Å². The zero-order chi connectivity index (χ0) is 14.8. The second kappa shape index (κ2) is 5.93. The Hall–Kier alpha value is -1.40. The van der Waals surface area contributed by atoms with Crippen molar-refractivity contribution in [2.75, 3.05) is 12.3 Å². The Morgan fingerprint density at radius 1 is 1.35 bits per heavy atom. The standard InChI is InChI=1S/C14H19FN2O2S/c1-10(2)9-20(18,19)17-6-5-11-8-16-14-4-3-12(15)7-13(11)14/h3-4,7-8,10,16-17H,5-6,9H2,1-2H3. The van der Waals surface area contributed by atoms with E-state index in [1.807, 2.05) is 13.8 Å². The molecule has 0 saturated carbocycles. The molecule has 0 saturated heterocycles. The molecular formula is C14H19FN2O2S. The van der Waals surface area contributed by atoms with Crippen LogP contribution in [0, 0.1) is 11.7 Å². The summed E-state index contributed by atoms with van der Waals surface area (Å²) in [5.74, 6) is -0.0800. The highest BCUT2D eigenvalue weighted by atomic mass is 32.2. The summed E-state index contributed by atoms with van der Waals surface area (Å²) in [4.78, 5) is 3.05. The lowest BCUT2D eigenvalue weighted by Crippen LogP contribution is -2.30. The van der Waals surface area contributed by atoms with Crippen LogP contribution in [0.1, 0.15) is 19.4 Å². The molecule has 0 spiro atoms. The van der Waals surface area contributed by atoms with Gasteiger partial charge in [-0.2, -0.15) is 0 Å². The van der Waals surface area contributed by atoms with Crippen LogP contribution in [0.2, 0.25) is 0 Å². The summed E-state index contributed by atoms with van der Waals surface area (Å²) in [6, 6.07) is 4.54. The van der Waals surface area contributed by atoms with Crippen molar-refractivity contribution in [1.82, 2.24) is 9.71 Å². The number of hydrogen-bond donors (Lipinski definition) is 2. The lowest BCUT2D eigenvalue weighted by Gasteiger charge is -2.08. The number of sulfonamides is 1. The largest absolute Gasteiger partial charge is 0.361 e. The molecule has 2 aromatic rings. The number of hydrogen-bond acceptors (Lipinski definition) is 2. The molecule has 20 heavy (non-hydrogen) atoms. The molecule has 6 heteroatoms. The first-order chi connectivity index (χ1) is 9.37. The van der Waals surface area contributed by atoms with Gasteiger partial charge in [-0.25, -0.2) is 17.5 Å². The highest BCUT2D eigenvalue weighted by molar-refractivity contribution is 7.89. The van der Waals surface area contributed by atoms with E-state index in [1.165, 1.54) is 12.1 Å². The van der Waals surface area contributed by atoms with Crippen molar-refractivity contribution < 1.29 is 12.8 Å². The Balaban J connectivity index is 2.01. The molecule has 0 atom stereocenters. The van der Waals surface area contributed by atoms with Crippen LogP contribution in [0.5, 0.6) is 0 Å². The van der Waals surface area contributed by atoms with Gasteiger partial charge in [0.15, 0.2) is 0 Å². The summed E-state index contributed by atoms with van der Waals surface area (Å²) in [6.07, 6.45) is 2.32. The van der Waals surface area contributed by atoms with E-state index >= 15 is 0 Å². The fourth-order valence-corrected chi connectivity index (χ4v) is 3.61. The fraction of sp³-hybridized carbons (Fsp3) is 0.429. The number of benzene rings is 1. The number of rotatable bonds is 6. The molecule has 0 bridgehead atoms. The molecule has 0 fully saturated rings. The lowest BCUT2D eigenvalue weighted by molar-refractivity contribution is 0.568. The molecular weight excluding hydrogens is 279 g/mol. The fourth-order valence-electron chi connectivity index (χ4n) is 2.20. The van der Waals surface area contributed by atoms with Crippen molar-refractivity contribution in [1.29, 1.82) is 0 Å². The molecule has 0 radical (unpaired) electrons. The van der Waals surface area contributed by atoms with Gasteiger partial charge in [-0.05, 0) is 36.1 Å². The first kappa shape index (κ1) is 15.0. The zero-order valence-corrected chi connectivity index (χ0v) is 12.4. The van der Waals surface area contributed by atoms with E-state index in [-0.39, 0.29) is 17.5 Å². The predicted octanol–water partition coefficient (Wildman–Crippen LogP) is 2.42. The van der Waals surface area contributed by atoms with Crippen LogP contribution in [-0.2, 0) is 16.4 Å². The average Bonchev–Trinajstić information content (AvgIpc) is 2.70. The van der Waals surface area contributed by atoms with Gasteiger partial charge in [0.05, 0.1) is 5.75 Å². The van der Waals surface area contributed by atoms with Crippen LogP contribution in [0.25, 0.3) is 10.9 Å². The number of aromatic nitrogens is 1. The molecule has 4 nitrogen and oxygen atoms in total. The Morgan fingerprint density at radius 2 is 2.10 bits per heavy atom. The summed E-state index contributed by atoms with van der Waals surface area (Å²) in [5.41, 5.74) is 1.76. The first-order valence-electron chi connectivity index (χ1n) is 6.60. The van der Waals surface area contributed by atoms with E-state index in [0.717, 1.165) is 16.5 Å². The van der Waals surface area contributed by atoms with Crippen LogP contribution in [0.4, 0.5) is 4.39 Å². The van der Waals surface area contributed by atoms with Gasteiger partial charge in [0.2, 0.25) is 10.0 Å². The number of nitrogens with one attached hydrogen (secondary N) is 2. The normalized spacial score (nSPS) is 12.4. The van der Waals surface area contributed by atoms with Crippen LogP contribution in [0.15, 0.2) is 24.4 Å². The van der Waals surface area contributed by atoms with Gasteiger partial charge < -0.3 is 4.98 Å². The Labute approximate surface area is 118 Å². The van der Waals surface area contributed by atoms with E-state index < -0.39 is 10.0 Å². The van der Waals surface area contributed by atoms with E-state index in [4.69, 9.17) is 0 Å². The smallest absolute Gasteiger partial charge is 0.211 e. The number of H-pyrrole nitrogens is 1. The molecule has 1 aromatic heterocycles. The summed E-state index contributed by atoms with van der Waals surface area (Å²) in [7, 11) is -3.23. The molecule has 0 aliphatic carbocycles. The van der Waals surface area contributed by atoms with Gasteiger partial charge in [0.1, 0.15) is 5.82 Å². The molecule has 0 aliphatic rings. The van der Waals surface area contributed by atoms with Crippen molar-refractivity contribution in [3.63, 3.8) is 0 Å². The van der Waals surface area contributed by atoms with E-state index in [2.05, 4.69) is 9.71 Å². The summed E-state index contributed by atoms with van der Waals surface area (Å²) < 4.78 is 39.2. The maximum absolute atomic E-state index is 13.2. The first-order valence-corrected chi connectivity index (χ1v) is 8.25. The molecule has 1 aromatic carbocycles. The van der Waals surface area contributed by atoms with Crippen molar-refractivity contribution >= 4 is 20.9 Å². The Morgan fingerprint density at radius 3 is 2.80 bits per heavy atom. The SMILES string of the molecule is CC(C)CS(=O)(=O)NCCc1c[nH]c2ccc(F)cc12. The molecule has 0 unspecified atom stereocenters. The number of halogens is 1. The minimum Gasteiger partial charge on any atom is -0.361 e. The second-order valence-electron chi connectivity index (χ2n) is 5.32. The summed E-state index contributed by atoms with van der Waals surface area (Å²) in [6.45, 7) is 4.04. The highest BCUT2D eigenvalue weighted by Gasteiger charge is 2.12.